The summed E-state index contributed by atoms with van der Waals surface area (Å²) in [6, 6.07) is 1.74. The van der Waals surface area contributed by atoms with Gasteiger partial charge in [-0.15, -0.1) is 0 Å². The summed E-state index contributed by atoms with van der Waals surface area (Å²) in [5.74, 6) is 0.328. The fourth-order valence-electron chi connectivity index (χ4n) is 0.841. The zero-order valence-corrected chi connectivity index (χ0v) is 6.26. The van der Waals surface area contributed by atoms with Gasteiger partial charge in [0.15, 0.2) is 11.6 Å². The van der Waals surface area contributed by atoms with Crippen molar-refractivity contribution in [1.82, 2.24) is 0 Å². The molecule has 4 heteroatoms. The average molecular weight is 154 g/mol. The third kappa shape index (κ3) is 1.59. The number of ether oxygens (including phenoxy) is 1. The minimum Gasteiger partial charge on any atom is -0.461 e. The molecule has 1 aromatic heterocycles. The van der Waals surface area contributed by atoms with Crippen molar-refractivity contribution in [2.75, 3.05) is 7.11 Å². The molecule has 0 bridgehead atoms. The molecule has 0 aromatic carbocycles. The van der Waals surface area contributed by atoms with Gasteiger partial charge in [0.05, 0.1) is 12.9 Å². The molecule has 0 atom stereocenters. The SMILES string of the molecule is COCc1ccoc1C(=N)N. The minimum absolute atomic E-state index is 0.0675. The maximum absolute atomic E-state index is 7.10. The van der Waals surface area contributed by atoms with Gasteiger partial charge in [0.25, 0.3) is 0 Å². The molecule has 1 aromatic rings. The highest BCUT2D eigenvalue weighted by molar-refractivity contribution is 5.93. The van der Waals surface area contributed by atoms with E-state index in [1.807, 2.05) is 0 Å². The predicted molar refractivity (Wildman–Crippen MR) is 40.4 cm³/mol. The van der Waals surface area contributed by atoms with Gasteiger partial charge in [-0.3, -0.25) is 5.41 Å². The zero-order valence-electron chi connectivity index (χ0n) is 6.26. The molecule has 1 rings (SSSR count). The lowest BCUT2D eigenvalue weighted by atomic mass is 10.2. The highest BCUT2D eigenvalue weighted by Crippen LogP contribution is 2.09. The van der Waals surface area contributed by atoms with Crippen molar-refractivity contribution in [2.24, 2.45) is 5.73 Å². The summed E-state index contributed by atoms with van der Waals surface area (Å²) in [5, 5.41) is 7.10. The second-order valence-corrected chi connectivity index (χ2v) is 2.12. The van der Waals surface area contributed by atoms with E-state index in [0.29, 0.717) is 12.4 Å². The Hall–Kier alpha value is -1.29. The molecule has 0 saturated carbocycles. The van der Waals surface area contributed by atoms with Gasteiger partial charge in [-0.25, -0.2) is 0 Å². The molecule has 0 aliphatic heterocycles. The van der Waals surface area contributed by atoms with Crippen LogP contribution in [0.2, 0.25) is 0 Å². The number of nitrogens with two attached hydrogens (primary N) is 1. The maximum Gasteiger partial charge on any atom is 0.173 e. The van der Waals surface area contributed by atoms with E-state index in [0.717, 1.165) is 5.56 Å². The van der Waals surface area contributed by atoms with Crippen molar-refractivity contribution in [3.05, 3.63) is 23.7 Å². The van der Waals surface area contributed by atoms with Gasteiger partial charge in [-0.1, -0.05) is 0 Å². The summed E-state index contributed by atoms with van der Waals surface area (Å²) in [6.07, 6.45) is 1.49. The molecular formula is C7H10N2O2. The van der Waals surface area contributed by atoms with E-state index in [4.69, 9.17) is 20.3 Å². The molecular weight excluding hydrogens is 144 g/mol. The Morgan fingerprint density at radius 2 is 2.55 bits per heavy atom. The minimum atomic E-state index is -0.0675. The van der Waals surface area contributed by atoms with Gasteiger partial charge in [-0.2, -0.15) is 0 Å². The quantitative estimate of drug-likeness (QED) is 0.497. The number of hydrogen-bond donors (Lipinski definition) is 2. The third-order valence-electron chi connectivity index (χ3n) is 1.29. The highest BCUT2D eigenvalue weighted by atomic mass is 16.5. The number of amidine groups is 1. The lowest BCUT2D eigenvalue weighted by Gasteiger charge is -1.97. The molecule has 11 heavy (non-hydrogen) atoms. The molecule has 0 amide bonds. The molecule has 1 heterocycles. The molecule has 0 unspecified atom stereocenters. The summed E-state index contributed by atoms with van der Waals surface area (Å²) in [4.78, 5) is 0. The van der Waals surface area contributed by atoms with Crippen LogP contribution in [0.15, 0.2) is 16.7 Å². The first-order chi connectivity index (χ1) is 5.25. The van der Waals surface area contributed by atoms with E-state index in [2.05, 4.69) is 0 Å². The third-order valence-corrected chi connectivity index (χ3v) is 1.29. The Morgan fingerprint density at radius 1 is 1.82 bits per heavy atom. The largest absolute Gasteiger partial charge is 0.461 e. The van der Waals surface area contributed by atoms with E-state index in [-0.39, 0.29) is 5.84 Å². The summed E-state index contributed by atoms with van der Waals surface area (Å²) >= 11 is 0. The number of nitrogens with one attached hydrogen (secondary N) is 1. The Balaban J connectivity index is 2.87. The van der Waals surface area contributed by atoms with Crippen LogP contribution in [-0.4, -0.2) is 12.9 Å². The Labute approximate surface area is 64.5 Å². The van der Waals surface area contributed by atoms with Crippen molar-refractivity contribution in [1.29, 1.82) is 5.41 Å². The lowest BCUT2D eigenvalue weighted by Crippen LogP contribution is -2.12. The Morgan fingerprint density at radius 3 is 3.09 bits per heavy atom. The van der Waals surface area contributed by atoms with E-state index in [9.17, 15) is 0 Å². The molecule has 0 aliphatic carbocycles. The molecule has 0 spiro atoms. The fourth-order valence-corrected chi connectivity index (χ4v) is 0.841. The van der Waals surface area contributed by atoms with Crippen LogP contribution in [0.4, 0.5) is 0 Å². The fraction of sp³-hybridized carbons (Fsp3) is 0.286. The van der Waals surface area contributed by atoms with E-state index in [1.165, 1.54) is 6.26 Å². The van der Waals surface area contributed by atoms with Gasteiger partial charge in [0.1, 0.15) is 0 Å². The first-order valence-corrected chi connectivity index (χ1v) is 3.15. The van der Waals surface area contributed by atoms with E-state index in [1.54, 1.807) is 13.2 Å². The summed E-state index contributed by atoms with van der Waals surface area (Å²) < 4.78 is 9.81. The lowest BCUT2D eigenvalue weighted by molar-refractivity contribution is 0.184. The van der Waals surface area contributed by atoms with Gasteiger partial charge in [0.2, 0.25) is 0 Å². The van der Waals surface area contributed by atoms with Crippen LogP contribution in [0.3, 0.4) is 0 Å². The molecule has 0 radical (unpaired) electrons. The van der Waals surface area contributed by atoms with Gasteiger partial charge in [-0.05, 0) is 6.07 Å². The topological polar surface area (TPSA) is 72.2 Å². The number of rotatable bonds is 3. The molecule has 0 saturated heterocycles. The van der Waals surface area contributed by atoms with E-state index < -0.39 is 0 Å². The van der Waals surface area contributed by atoms with Crippen molar-refractivity contribution in [3.63, 3.8) is 0 Å². The van der Waals surface area contributed by atoms with Crippen LogP contribution in [0, 0.1) is 5.41 Å². The van der Waals surface area contributed by atoms with Crippen molar-refractivity contribution < 1.29 is 9.15 Å². The summed E-state index contributed by atoms with van der Waals surface area (Å²) in [5.41, 5.74) is 6.03. The average Bonchev–Trinajstić information content (AvgIpc) is 2.36. The number of hydrogen-bond acceptors (Lipinski definition) is 3. The maximum atomic E-state index is 7.10. The second kappa shape index (κ2) is 3.21. The van der Waals surface area contributed by atoms with Crippen molar-refractivity contribution in [2.45, 2.75) is 6.61 Å². The van der Waals surface area contributed by atoms with Crippen LogP contribution < -0.4 is 5.73 Å². The monoisotopic (exact) mass is 154 g/mol. The van der Waals surface area contributed by atoms with Crippen LogP contribution in [0.25, 0.3) is 0 Å². The molecule has 0 aliphatic rings. The zero-order chi connectivity index (χ0) is 8.27. The smallest absolute Gasteiger partial charge is 0.173 e. The molecule has 3 N–H and O–H groups in total. The van der Waals surface area contributed by atoms with Crippen molar-refractivity contribution in [3.8, 4) is 0 Å². The van der Waals surface area contributed by atoms with Crippen LogP contribution in [0.5, 0.6) is 0 Å². The van der Waals surface area contributed by atoms with Crippen LogP contribution in [-0.2, 0) is 11.3 Å². The first kappa shape index (κ1) is 7.81. The number of methoxy groups -OCH3 is 1. The Kier molecular flexibility index (Phi) is 2.28. The Bertz CT molecular complexity index is 255. The number of furan rings is 1. The van der Waals surface area contributed by atoms with Crippen molar-refractivity contribution >= 4 is 5.84 Å². The van der Waals surface area contributed by atoms with E-state index >= 15 is 0 Å². The summed E-state index contributed by atoms with van der Waals surface area (Å²) in [7, 11) is 1.58. The second-order valence-electron chi connectivity index (χ2n) is 2.12. The van der Waals surface area contributed by atoms with Crippen LogP contribution in [0.1, 0.15) is 11.3 Å². The molecule has 0 fully saturated rings. The van der Waals surface area contributed by atoms with Gasteiger partial charge in [0, 0.05) is 12.7 Å². The van der Waals surface area contributed by atoms with Gasteiger partial charge >= 0.3 is 0 Å². The molecule has 4 nitrogen and oxygen atoms in total. The van der Waals surface area contributed by atoms with Gasteiger partial charge < -0.3 is 14.9 Å². The summed E-state index contributed by atoms with van der Waals surface area (Å²) in [6.45, 7) is 0.422. The standard InChI is InChI=1S/C7H10N2O2/c1-10-4-5-2-3-11-6(5)7(8)9/h2-3H,4H2,1H3,(H3,8,9). The normalized spacial score (nSPS) is 9.91. The molecule has 60 valence electrons. The first-order valence-electron chi connectivity index (χ1n) is 3.15. The highest BCUT2D eigenvalue weighted by Gasteiger charge is 2.07. The predicted octanol–water partition coefficient (Wildman–Crippen LogP) is 0.710. The number of nitrogen functional groups attached to an aromatic ring is 1. The van der Waals surface area contributed by atoms with Crippen LogP contribution >= 0.6 is 0 Å².